The first-order valence-electron chi connectivity index (χ1n) is 8.54. The second-order valence-corrected chi connectivity index (χ2v) is 6.60. The van der Waals surface area contributed by atoms with E-state index in [1.165, 1.54) is 7.11 Å². The van der Waals surface area contributed by atoms with Gasteiger partial charge in [-0.1, -0.05) is 5.21 Å². The van der Waals surface area contributed by atoms with Gasteiger partial charge in [-0.2, -0.15) is 0 Å². The fourth-order valence-corrected chi connectivity index (χ4v) is 3.34. The molecule has 3 heterocycles. The number of amides is 1. The van der Waals surface area contributed by atoms with Crippen molar-refractivity contribution in [3.05, 3.63) is 35.5 Å². The molecular formula is C17H20N4O4. The van der Waals surface area contributed by atoms with Crippen molar-refractivity contribution in [1.82, 2.24) is 19.9 Å². The predicted octanol–water partition coefficient (Wildman–Crippen LogP) is 2.01. The zero-order chi connectivity index (χ0) is 17.4. The number of piperidine rings is 1. The fraction of sp³-hybridized carbons (Fsp3) is 0.529. The zero-order valence-electron chi connectivity index (χ0n) is 14.1. The minimum Gasteiger partial charge on any atom is -0.468 e. The monoisotopic (exact) mass is 344 g/mol. The van der Waals surface area contributed by atoms with Gasteiger partial charge >= 0.3 is 5.97 Å². The lowest BCUT2D eigenvalue weighted by atomic mass is 10.0. The van der Waals surface area contributed by atoms with E-state index in [9.17, 15) is 9.59 Å². The molecule has 2 aromatic heterocycles. The van der Waals surface area contributed by atoms with Gasteiger partial charge in [0.05, 0.1) is 31.2 Å². The number of hydrogen-bond acceptors (Lipinski definition) is 6. The van der Waals surface area contributed by atoms with Crippen LogP contribution < -0.4 is 0 Å². The molecule has 1 saturated heterocycles. The summed E-state index contributed by atoms with van der Waals surface area (Å²) >= 11 is 0. The van der Waals surface area contributed by atoms with Gasteiger partial charge in [0, 0.05) is 19.0 Å². The summed E-state index contributed by atoms with van der Waals surface area (Å²) in [5, 5.41) is 7.88. The molecule has 25 heavy (non-hydrogen) atoms. The number of carbonyl (C=O) groups is 2. The number of furan rings is 1. The Morgan fingerprint density at radius 2 is 2.16 bits per heavy atom. The largest absolute Gasteiger partial charge is 0.468 e. The molecule has 2 aliphatic rings. The molecule has 0 radical (unpaired) electrons. The van der Waals surface area contributed by atoms with Crippen molar-refractivity contribution in [3.8, 4) is 0 Å². The van der Waals surface area contributed by atoms with Gasteiger partial charge in [0.1, 0.15) is 5.76 Å². The highest BCUT2D eigenvalue weighted by molar-refractivity contribution is 5.95. The number of carbonyl (C=O) groups excluding carboxylic acids is 2. The van der Waals surface area contributed by atoms with Crippen LogP contribution in [-0.2, 0) is 4.74 Å². The number of nitrogens with zero attached hydrogens (tertiary/aromatic N) is 4. The predicted molar refractivity (Wildman–Crippen MR) is 86.2 cm³/mol. The van der Waals surface area contributed by atoms with Crippen LogP contribution in [0.1, 0.15) is 64.2 Å². The summed E-state index contributed by atoms with van der Waals surface area (Å²) in [6.45, 7) is 1.25. The maximum absolute atomic E-state index is 12.9. The zero-order valence-corrected chi connectivity index (χ0v) is 14.1. The second-order valence-electron chi connectivity index (χ2n) is 6.60. The van der Waals surface area contributed by atoms with Gasteiger partial charge in [-0.15, -0.1) is 5.10 Å². The average Bonchev–Trinajstić information content (AvgIpc) is 3.18. The highest BCUT2D eigenvalue weighted by atomic mass is 16.5. The van der Waals surface area contributed by atoms with Crippen LogP contribution in [0.2, 0.25) is 0 Å². The molecule has 2 aromatic rings. The SMILES string of the molecule is COC(=O)c1cn([C@@H]2CCCN(C(=O)c3ccoc3C3CC3)C2)nn1. The third kappa shape index (κ3) is 3.04. The molecule has 8 heteroatoms. The number of aromatic nitrogens is 3. The van der Waals surface area contributed by atoms with Crippen LogP contribution in [0.5, 0.6) is 0 Å². The number of ether oxygens (including phenoxy) is 1. The van der Waals surface area contributed by atoms with E-state index in [1.54, 1.807) is 23.2 Å². The van der Waals surface area contributed by atoms with Crippen molar-refractivity contribution in [2.75, 3.05) is 20.2 Å². The average molecular weight is 344 g/mol. The number of hydrogen-bond donors (Lipinski definition) is 0. The van der Waals surface area contributed by atoms with E-state index >= 15 is 0 Å². The number of methoxy groups -OCH3 is 1. The van der Waals surface area contributed by atoms with Crippen molar-refractivity contribution in [3.63, 3.8) is 0 Å². The third-order valence-corrected chi connectivity index (χ3v) is 4.84. The maximum Gasteiger partial charge on any atom is 0.360 e. The maximum atomic E-state index is 12.9. The summed E-state index contributed by atoms with van der Waals surface area (Å²) in [5.41, 5.74) is 0.855. The van der Waals surface area contributed by atoms with Gasteiger partial charge in [-0.3, -0.25) is 4.79 Å². The molecule has 1 atom stereocenters. The number of rotatable bonds is 4. The molecular weight excluding hydrogens is 324 g/mol. The first-order valence-corrected chi connectivity index (χ1v) is 8.54. The van der Waals surface area contributed by atoms with Crippen LogP contribution in [0.3, 0.4) is 0 Å². The smallest absolute Gasteiger partial charge is 0.360 e. The van der Waals surface area contributed by atoms with E-state index < -0.39 is 5.97 Å². The summed E-state index contributed by atoms with van der Waals surface area (Å²) in [5.74, 6) is 0.712. The second kappa shape index (κ2) is 6.34. The minimum absolute atomic E-state index is 0.000109. The summed E-state index contributed by atoms with van der Waals surface area (Å²) in [6.07, 6.45) is 7.12. The van der Waals surface area contributed by atoms with Gasteiger partial charge < -0.3 is 14.1 Å². The number of esters is 1. The van der Waals surface area contributed by atoms with Gasteiger partial charge in [-0.05, 0) is 31.7 Å². The Morgan fingerprint density at radius 1 is 1.32 bits per heavy atom. The first kappa shape index (κ1) is 15.9. The Kier molecular flexibility index (Phi) is 4.03. The van der Waals surface area contributed by atoms with Gasteiger partial charge in [0.2, 0.25) is 0 Å². The summed E-state index contributed by atoms with van der Waals surface area (Å²) in [4.78, 5) is 26.3. The van der Waals surface area contributed by atoms with E-state index in [-0.39, 0.29) is 17.6 Å². The lowest BCUT2D eigenvalue weighted by Crippen LogP contribution is -2.41. The molecule has 8 nitrogen and oxygen atoms in total. The van der Waals surface area contributed by atoms with Crippen molar-refractivity contribution >= 4 is 11.9 Å². The minimum atomic E-state index is -0.512. The van der Waals surface area contributed by atoms with E-state index in [0.29, 0.717) is 24.6 Å². The van der Waals surface area contributed by atoms with E-state index in [2.05, 4.69) is 15.0 Å². The lowest BCUT2D eigenvalue weighted by Gasteiger charge is -2.32. The van der Waals surface area contributed by atoms with Crippen molar-refractivity contribution in [2.24, 2.45) is 0 Å². The third-order valence-electron chi connectivity index (χ3n) is 4.84. The van der Waals surface area contributed by atoms with Crippen LogP contribution in [0.25, 0.3) is 0 Å². The van der Waals surface area contributed by atoms with Crippen LogP contribution in [-0.4, -0.2) is 52.0 Å². The van der Waals surface area contributed by atoms with Crippen molar-refractivity contribution in [1.29, 1.82) is 0 Å². The molecule has 0 unspecified atom stereocenters. The Labute approximate surface area is 144 Å². The normalized spacial score (nSPS) is 20.5. The highest BCUT2D eigenvalue weighted by Gasteiger charge is 2.34. The molecule has 0 N–H and O–H groups in total. The van der Waals surface area contributed by atoms with Crippen molar-refractivity contribution in [2.45, 2.75) is 37.6 Å². The molecule has 0 spiro atoms. The topological polar surface area (TPSA) is 90.5 Å². The highest BCUT2D eigenvalue weighted by Crippen LogP contribution is 2.42. The lowest BCUT2D eigenvalue weighted by molar-refractivity contribution is 0.0592. The molecule has 1 aliphatic carbocycles. The number of likely N-dealkylation sites (tertiary alicyclic amines) is 1. The molecule has 1 saturated carbocycles. The van der Waals surface area contributed by atoms with Crippen molar-refractivity contribution < 1.29 is 18.7 Å². The Balaban J connectivity index is 1.49. The van der Waals surface area contributed by atoms with Gasteiger partial charge in [0.15, 0.2) is 5.69 Å². The van der Waals surface area contributed by atoms with Crippen LogP contribution >= 0.6 is 0 Å². The van der Waals surface area contributed by atoms with Crippen LogP contribution in [0.4, 0.5) is 0 Å². The molecule has 132 valence electrons. The van der Waals surface area contributed by atoms with Gasteiger partial charge in [0.25, 0.3) is 5.91 Å². The molecule has 0 aromatic carbocycles. The molecule has 1 aliphatic heterocycles. The van der Waals surface area contributed by atoms with Crippen LogP contribution in [0, 0.1) is 0 Å². The standard InChI is InChI=1S/C17H20N4O4/c1-24-17(23)14-10-21(19-18-14)12-3-2-7-20(9-12)16(22)13-6-8-25-15(13)11-4-5-11/h6,8,10-12H,2-5,7,9H2,1H3/t12-/m1/s1. The Morgan fingerprint density at radius 3 is 2.92 bits per heavy atom. The molecule has 0 bridgehead atoms. The first-order chi connectivity index (χ1) is 12.2. The molecule has 4 rings (SSSR count). The van der Waals surface area contributed by atoms with E-state index in [4.69, 9.17) is 4.42 Å². The molecule has 2 fully saturated rings. The Bertz CT molecular complexity index is 792. The fourth-order valence-electron chi connectivity index (χ4n) is 3.34. The summed E-state index contributed by atoms with van der Waals surface area (Å²) in [7, 11) is 1.31. The van der Waals surface area contributed by atoms with Crippen LogP contribution in [0.15, 0.2) is 22.9 Å². The Hall–Kier alpha value is -2.64. The summed E-state index contributed by atoms with van der Waals surface area (Å²) < 4.78 is 11.8. The summed E-state index contributed by atoms with van der Waals surface area (Å²) in [6, 6.07) is 1.77. The quantitative estimate of drug-likeness (QED) is 0.788. The molecule has 1 amide bonds. The van der Waals surface area contributed by atoms with E-state index in [1.807, 2.05) is 4.90 Å². The van der Waals surface area contributed by atoms with E-state index in [0.717, 1.165) is 31.4 Å². The van der Waals surface area contributed by atoms with Gasteiger partial charge in [-0.25, -0.2) is 9.48 Å².